The number of ether oxygens (including phenoxy) is 2. The van der Waals surface area contributed by atoms with Crippen LogP contribution in [0.3, 0.4) is 0 Å². The molecular formula is C14H12Cl2N4O2. The van der Waals surface area contributed by atoms with Gasteiger partial charge in [0, 0.05) is 6.42 Å². The van der Waals surface area contributed by atoms with Gasteiger partial charge in [-0.2, -0.15) is 19.9 Å². The van der Waals surface area contributed by atoms with E-state index in [2.05, 4.69) is 32.1 Å². The Kier molecular flexibility index (Phi) is 4.70. The first-order chi connectivity index (χ1) is 10.7. The Hall–Kier alpha value is -1.92. The van der Waals surface area contributed by atoms with E-state index in [0.29, 0.717) is 18.1 Å². The number of allylic oxidation sites excluding steroid dienone is 4. The molecule has 2 heterocycles. The third-order valence-electron chi connectivity index (χ3n) is 2.97. The summed E-state index contributed by atoms with van der Waals surface area (Å²) in [6, 6.07) is 0. The van der Waals surface area contributed by atoms with Crippen LogP contribution in [0.25, 0.3) is 0 Å². The predicted molar refractivity (Wildman–Crippen MR) is 83.1 cm³/mol. The molecule has 1 aliphatic heterocycles. The topological polar surface area (TPSA) is 69.5 Å². The summed E-state index contributed by atoms with van der Waals surface area (Å²) in [6.07, 6.45) is 10.6. The van der Waals surface area contributed by atoms with E-state index in [4.69, 9.17) is 32.7 Å². The van der Waals surface area contributed by atoms with E-state index < -0.39 is 0 Å². The van der Waals surface area contributed by atoms with Crippen molar-refractivity contribution in [3.63, 3.8) is 0 Å². The maximum absolute atomic E-state index is 5.71. The van der Waals surface area contributed by atoms with E-state index in [9.17, 15) is 0 Å². The molecule has 0 bridgehead atoms. The summed E-state index contributed by atoms with van der Waals surface area (Å²) >= 11 is 11.4. The number of nitrogens with zero attached hydrogens (tertiary/aromatic N) is 4. The minimum atomic E-state index is -0.0222. The van der Waals surface area contributed by atoms with Crippen molar-refractivity contribution in [2.45, 2.75) is 19.3 Å². The number of halogens is 2. The van der Waals surface area contributed by atoms with Crippen LogP contribution in [-0.4, -0.2) is 27.5 Å². The molecule has 0 N–H and O–H groups in total. The molecule has 0 saturated carbocycles. The van der Waals surface area contributed by atoms with Crippen LogP contribution in [0.4, 0.5) is 5.95 Å². The summed E-state index contributed by atoms with van der Waals surface area (Å²) in [5.74, 6) is 1.13. The van der Waals surface area contributed by atoms with Crippen molar-refractivity contribution in [2.24, 2.45) is 4.99 Å². The summed E-state index contributed by atoms with van der Waals surface area (Å²) in [6.45, 7) is 0.198. The Morgan fingerprint density at radius 1 is 1.18 bits per heavy atom. The van der Waals surface area contributed by atoms with E-state index in [1.165, 1.54) is 5.57 Å². The molecule has 2 aliphatic rings. The second kappa shape index (κ2) is 6.89. The van der Waals surface area contributed by atoms with E-state index in [0.717, 1.165) is 12.8 Å². The monoisotopic (exact) mass is 338 g/mol. The van der Waals surface area contributed by atoms with Crippen molar-refractivity contribution < 1.29 is 9.47 Å². The number of aliphatic imine (C=N–C) groups is 1. The molecule has 0 radical (unpaired) electrons. The summed E-state index contributed by atoms with van der Waals surface area (Å²) < 4.78 is 11.1. The Balaban J connectivity index is 1.71. The third kappa shape index (κ3) is 4.05. The highest BCUT2D eigenvalue weighted by Crippen LogP contribution is 2.23. The summed E-state index contributed by atoms with van der Waals surface area (Å²) in [7, 11) is 0. The van der Waals surface area contributed by atoms with Gasteiger partial charge in [-0.3, -0.25) is 0 Å². The third-order valence-corrected chi connectivity index (χ3v) is 3.30. The van der Waals surface area contributed by atoms with Crippen LogP contribution in [0.15, 0.2) is 40.8 Å². The molecule has 22 heavy (non-hydrogen) atoms. The molecule has 0 unspecified atom stereocenters. The smallest absolute Gasteiger partial charge is 0.258 e. The average Bonchev–Trinajstić information content (AvgIpc) is 2.47. The first-order valence-electron chi connectivity index (χ1n) is 6.67. The molecular weight excluding hydrogens is 327 g/mol. The second-order valence-electron chi connectivity index (χ2n) is 4.64. The lowest BCUT2D eigenvalue weighted by molar-refractivity contribution is 0.211. The fourth-order valence-corrected chi connectivity index (χ4v) is 2.40. The van der Waals surface area contributed by atoms with Gasteiger partial charge in [-0.15, -0.1) is 0 Å². The van der Waals surface area contributed by atoms with Crippen molar-refractivity contribution in [3.8, 4) is 0 Å². The fourth-order valence-electron chi connectivity index (χ4n) is 2.04. The summed E-state index contributed by atoms with van der Waals surface area (Å²) in [4.78, 5) is 15.5. The molecule has 0 saturated heterocycles. The van der Waals surface area contributed by atoms with Crippen LogP contribution in [0, 0.1) is 0 Å². The van der Waals surface area contributed by atoms with Gasteiger partial charge in [0.1, 0.15) is 12.0 Å². The molecule has 1 aromatic rings. The van der Waals surface area contributed by atoms with Crippen molar-refractivity contribution in [3.05, 3.63) is 46.4 Å². The molecule has 0 spiro atoms. The zero-order chi connectivity index (χ0) is 15.4. The normalized spacial score (nSPS) is 19.3. The van der Waals surface area contributed by atoms with Crippen LogP contribution < -0.4 is 0 Å². The van der Waals surface area contributed by atoms with Crippen LogP contribution >= 0.6 is 23.2 Å². The van der Waals surface area contributed by atoms with Crippen molar-refractivity contribution in [2.75, 3.05) is 6.61 Å². The van der Waals surface area contributed by atoms with Crippen LogP contribution in [0.1, 0.15) is 19.3 Å². The van der Waals surface area contributed by atoms with Gasteiger partial charge in [-0.05, 0) is 36.0 Å². The average molecular weight is 339 g/mol. The molecule has 0 aromatic carbocycles. The van der Waals surface area contributed by atoms with Gasteiger partial charge in [0.05, 0.1) is 0 Å². The zero-order valence-corrected chi connectivity index (χ0v) is 13.0. The quantitative estimate of drug-likeness (QED) is 0.839. The Bertz CT molecular complexity index is 678. The standard InChI is InChI=1S/C14H12Cl2N4O2/c15-12-18-13(16)20-14(19-12)17-11-8-21-7-10(22-11)6-9-4-2-1-3-5-9/h1-2,4,7H,3,5-6,8H2. The van der Waals surface area contributed by atoms with Gasteiger partial charge in [-0.1, -0.05) is 23.8 Å². The fraction of sp³-hybridized carbons (Fsp3) is 0.286. The van der Waals surface area contributed by atoms with Gasteiger partial charge in [0.2, 0.25) is 16.5 Å². The van der Waals surface area contributed by atoms with E-state index >= 15 is 0 Å². The maximum Gasteiger partial charge on any atom is 0.258 e. The van der Waals surface area contributed by atoms with E-state index in [-0.39, 0.29) is 23.1 Å². The Morgan fingerprint density at radius 3 is 2.73 bits per heavy atom. The summed E-state index contributed by atoms with van der Waals surface area (Å²) in [5, 5.41) is -0.0445. The van der Waals surface area contributed by atoms with Crippen LogP contribution in [0.2, 0.25) is 10.6 Å². The van der Waals surface area contributed by atoms with Crippen molar-refractivity contribution in [1.82, 2.24) is 15.0 Å². The lowest BCUT2D eigenvalue weighted by atomic mass is 10.0. The number of hydrogen-bond acceptors (Lipinski definition) is 6. The molecule has 0 amide bonds. The van der Waals surface area contributed by atoms with Crippen molar-refractivity contribution in [1.29, 1.82) is 0 Å². The lowest BCUT2D eigenvalue weighted by Crippen LogP contribution is -2.17. The molecule has 6 nitrogen and oxygen atoms in total. The first-order valence-corrected chi connectivity index (χ1v) is 7.42. The van der Waals surface area contributed by atoms with Crippen LogP contribution in [0.5, 0.6) is 0 Å². The number of rotatable bonds is 3. The molecule has 0 atom stereocenters. The van der Waals surface area contributed by atoms with Gasteiger partial charge in [0.15, 0.2) is 6.61 Å². The SMILES string of the molecule is Clc1nc(Cl)nc(N=C2COC=C(CC3=CC=CCC3)O2)n1. The lowest BCUT2D eigenvalue weighted by Gasteiger charge is -2.18. The first kappa shape index (κ1) is 15.0. The molecule has 3 rings (SSSR count). The number of aromatic nitrogens is 3. The van der Waals surface area contributed by atoms with Gasteiger partial charge >= 0.3 is 0 Å². The summed E-state index contributed by atoms with van der Waals surface area (Å²) in [5.41, 5.74) is 1.28. The highest BCUT2D eigenvalue weighted by Gasteiger charge is 2.15. The molecule has 1 aliphatic carbocycles. The van der Waals surface area contributed by atoms with Gasteiger partial charge in [0.25, 0.3) is 5.95 Å². The van der Waals surface area contributed by atoms with E-state index in [1.54, 1.807) is 6.26 Å². The van der Waals surface area contributed by atoms with Crippen LogP contribution in [-0.2, 0) is 9.47 Å². The van der Waals surface area contributed by atoms with Crippen molar-refractivity contribution >= 4 is 35.0 Å². The largest absolute Gasteiger partial charge is 0.488 e. The molecule has 1 aromatic heterocycles. The highest BCUT2D eigenvalue weighted by molar-refractivity contribution is 6.31. The minimum absolute atomic E-state index is 0.0222. The molecule has 8 heteroatoms. The number of hydrogen-bond donors (Lipinski definition) is 0. The molecule has 114 valence electrons. The Morgan fingerprint density at radius 2 is 2.00 bits per heavy atom. The Labute approximate surface area is 137 Å². The zero-order valence-electron chi connectivity index (χ0n) is 11.5. The minimum Gasteiger partial charge on any atom is -0.488 e. The predicted octanol–water partition coefficient (Wildman–Crippen LogP) is 3.76. The van der Waals surface area contributed by atoms with Gasteiger partial charge < -0.3 is 9.47 Å². The second-order valence-corrected chi connectivity index (χ2v) is 5.32. The highest BCUT2D eigenvalue weighted by atomic mass is 35.5. The molecule has 0 fully saturated rings. The maximum atomic E-state index is 5.71. The van der Waals surface area contributed by atoms with Gasteiger partial charge in [-0.25, -0.2) is 0 Å². The van der Waals surface area contributed by atoms with E-state index in [1.807, 2.05) is 6.08 Å².